The lowest BCUT2D eigenvalue weighted by atomic mass is 9.94. The molecular formula is C29H32N2O7. The van der Waals surface area contributed by atoms with Gasteiger partial charge in [-0.1, -0.05) is 29.8 Å². The lowest BCUT2D eigenvalue weighted by Gasteiger charge is -2.17. The number of allylic oxidation sites excluding steroid dienone is 2. The van der Waals surface area contributed by atoms with Gasteiger partial charge in [0, 0.05) is 41.1 Å². The maximum absolute atomic E-state index is 12.7. The third-order valence-corrected chi connectivity index (χ3v) is 6.97. The van der Waals surface area contributed by atoms with E-state index in [1.54, 1.807) is 0 Å². The fraction of sp³-hybridized carbons (Fsp3) is 0.345. The van der Waals surface area contributed by atoms with Crippen LogP contribution in [0.15, 0.2) is 42.1 Å². The Morgan fingerprint density at radius 2 is 2.00 bits per heavy atom. The van der Waals surface area contributed by atoms with E-state index in [0.29, 0.717) is 36.1 Å². The molecule has 9 nitrogen and oxygen atoms in total. The van der Waals surface area contributed by atoms with E-state index >= 15 is 0 Å². The number of carbonyl (C=O) groups excluding carboxylic acids is 3. The van der Waals surface area contributed by atoms with Crippen LogP contribution in [0.25, 0.3) is 10.9 Å². The minimum Gasteiger partial charge on any atom is -0.507 e. The number of ether oxygens (including phenoxy) is 3. The largest absolute Gasteiger partial charge is 0.507 e. The van der Waals surface area contributed by atoms with Crippen molar-refractivity contribution in [2.24, 2.45) is 0 Å². The van der Waals surface area contributed by atoms with Crippen LogP contribution in [0.3, 0.4) is 0 Å². The number of methoxy groups -OCH3 is 2. The molecule has 4 rings (SSSR count). The summed E-state index contributed by atoms with van der Waals surface area (Å²) in [5.74, 6) is -0.951. The number of H-pyrrole nitrogens is 1. The Morgan fingerprint density at radius 3 is 2.74 bits per heavy atom. The number of esters is 2. The molecule has 3 aromatic rings. The minimum absolute atomic E-state index is 0.112. The SMILES string of the molecule is COC(=O)[C@@H](Cc1c[nH]c2ccccc12)NC(=O)CC/C(C)=C/Cc1c(O)c2c(c(C)c1OC)COC2=O. The van der Waals surface area contributed by atoms with Crippen molar-refractivity contribution < 1.29 is 33.7 Å². The van der Waals surface area contributed by atoms with Gasteiger partial charge in [-0.2, -0.15) is 0 Å². The molecule has 3 N–H and O–H groups in total. The van der Waals surface area contributed by atoms with Crippen molar-refractivity contribution >= 4 is 28.7 Å². The van der Waals surface area contributed by atoms with E-state index in [4.69, 9.17) is 14.2 Å². The lowest BCUT2D eigenvalue weighted by molar-refractivity contribution is -0.145. The molecule has 0 unspecified atom stereocenters. The van der Waals surface area contributed by atoms with E-state index in [9.17, 15) is 19.5 Å². The molecule has 0 aliphatic carbocycles. The number of nitrogens with one attached hydrogen (secondary N) is 2. The molecule has 2 aromatic carbocycles. The highest BCUT2D eigenvalue weighted by Gasteiger charge is 2.32. The van der Waals surface area contributed by atoms with Gasteiger partial charge in [-0.05, 0) is 43.9 Å². The van der Waals surface area contributed by atoms with Crippen molar-refractivity contribution in [2.75, 3.05) is 14.2 Å². The van der Waals surface area contributed by atoms with Crippen LogP contribution in [0.4, 0.5) is 0 Å². The Morgan fingerprint density at radius 1 is 1.24 bits per heavy atom. The first kappa shape index (κ1) is 26.8. The van der Waals surface area contributed by atoms with Crippen LogP contribution >= 0.6 is 0 Å². The van der Waals surface area contributed by atoms with E-state index < -0.39 is 18.0 Å². The topological polar surface area (TPSA) is 127 Å². The van der Waals surface area contributed by atoms with Gasteiger partial charge in [0.15, 0.2) is 0 Å². The number of cyclic esters (lactones) is 1. The molecule has 0 bridgehead atoms. The van der Waals surface area contributed by atoms with E-state index in [1.165, 1.54) is 14.2 Å². The summed E-state index contributed by atoms with van der Waals surface area (Å²) < 4.78 is 15.5. The predicted molar refractivity (Wildman–Crippen MR) is 141 cm³/mol. The standard InChI is InChI=1S/C29H32N2O7/c1-16(9-11-20-26(33)25-21(15-38-29(25)35)17(2)27(20)36-3)10-12-24(32)31-23(28(34)37-4)13-18-14-30-22-8-6-5-7-19(18)22/h5-9,14,23,30,33H,10-13,15H2,1-4H3,(H,31,32)/b16-9+/t23-/m1/s1. The van der Waals surface area contributed by atoms with Gasteiger partial charge in [0.1, 0.15) is 29.7 Å². The summed E-state index contributed by atoms with van der Waals surface area (Å²) in [5.41, 5.74) is 4.86. The molecule has 2 heterocycles. The number of rotatable bonds is 10. The Labute approximate surface area is 220 Å². The van der Waals surface area contributed by atoms with E-state index in [0.717, 1.165) is 27.6 Å². The number of phenols is 1. The van der Waals surface area contributed by atoms with Crippen molar-refractivity contribution in [2.45, 2.75) is 52.2 Å². The van der Waals surface area contributed by atoms with Gasteiger partial charge in [-0.15, -0.1) is 0 Å². The zero-order chi connectivity index (χ0) is 27.4. The smallest absolute Gasteiger partial charge is 0.342 e. The molecule has 1 aliphatic heterocycles. The number of benzene rings is 2. The van der Waals surface area contributed by atoms with Crippen molar-refractivity contribution in [3.8, 4) is 11.5 Å². The second-order valence-corrected chi connectivity index (χ2v) is 9.38. The van der Waals surface area contributed by atoms with Crippen LogP contribution in [0.5, 0.6) is 11.5 Å². The van der Waals surface area contributed by atoms with Gasteiger partial charge < -0.3 is 29.6 Å². The third kappa shape index (κ3) is 5.37. The number of fused-ring (bicyclic) bond motifs is 2. The summed E-state index contributed by atoms with van der Waals surface area (Å²) in [6, 6.07) is 6.95. The normalized spacial score (nSPS) is 13.7. The number of hydrogen-bond donors (Lipinski definition) is 3. The first-order valence-electron chi connectivity index (χ1n) is 12.4. The van der Waals surface area contributed by atoms with E-state index in [2.05, 4.69) is 10.3 Å². The Kier molecular flexibility index (Phi) is 8.05. The number of aromatic amines is 1. The lowest BCUT2D eigenvalue weighted by Crippen LogP contribution is -2.43. The number of carbonyl (C=O) groups is 3. The van der Waals surface area contributed by atoms with Crippen LogP contribution in [-0.2, 0) is 38.5 Å². The number of hydrogen-bond acceptors (Lipinski definition) is 7. The van der Waals surface area contributed by atoms with Crippen molar-refractivity contribution in [1.29, 1.82) is 0 Å². The van der Waals surface area contributed by atoms with Crippen molar-refractivity contribution in [1.82, 2.24) is 10.3 Å². The van der Waals surface area contributed by atoms with Crippen molar-refractivity contribution in [3.63, 3.8) is 0 Å². The molecular weight excluding hydrogens is 488 g/mol. The molecule has 1 amide bonds. The first-order chi connectivity index (χ1) is 18.2. The molecule has 0 saturated carbocycles. The van der Waals surface area contributed by atoms with E-state index in [-0.39, 0.29) is 30.2 Å². The first-order valence-corrected chi connectivity index (χ1v) is 12.4. The highest BCUT2D eigenvalue weighted by molar-refractivity contribution is 5.98. The summed E-state index contributed by atoms with van der Waals surface area (Å²) in [6.45, 7) is 3.83. The highest BCUT2D eigenvalue weighted by atomic mass is 16.5. The fourth-order valence-corrected chi connectivity index (χ4v) is 4.84. The third-order valence-electron chi connectivity index (χ3n) is 6.97. The maximum atomic E-state index is 12.7. The average Bonchev–Trinajstić information content (AvgIpc) is 3.51. The summed E-state index contributed by atoms with van der Waals surface area (Å²) in [6.07, 6.45) is 4.96. The zero-order valence-electron chi connectivity index (χ0n) is 22.0. The van der Waals surface area contributed by atoms with Gasteiger partial charge in [-0.3, -0.25) is 4.79 Å². The fourth-order valence-electron chi connectivity index (χ4n) is 4.84. The quantitative estimate of drug-likeness (QED) is 0.272. The molecule has 1 aliphatic rings. The summed E-state index contributed by atoms with van der Waals surface area (Å²) in [5, 5.41) is 14.6. The molecule has 200 valence electrons. The maximum Gasteiger partial charge on any atom is 0.342 e. The number of aromatic nitrogens is 1. The Balaban J connectivity index is 1.40. The summed E-state index contributed by atoms with van der Waals surface area (Å²) >= 11 is 0. The second kappa shape index (κ2) is 11.4. The number of para-hydroxylation sites is 1. The van der Waals surface area contributed by atoms with Gasteiger partial charge in [0.2, 0.25) is 5.91 Å². The zero-order valence-corrected chi connectivity index (χ0v) is 22.0. The van der Waals surface area contributed by atoms with Crippen LogP contribution in [0.1, 0.15) is 52.4 Å². The van der Waals surface area contributed by atoms with Crippen LogP contribution < -0.4 is 10.1 Å². The molecule has 1 aromatic heterocycles. The summed E-state index contributed by atoms with van der Waals surface area (Å²) in [4.78, 5) is 40.4. The average molecular weight is 521 g/mol. The minimum atomic E-state index is -0.814. The van der Waals surface area contributed by atoms with Gasteiger partial charge in [0.25, 0.3) is 0 Å². The molecule has 0 fully saturated rings. The molecule has 0 saturated heterocycles. The van der Waals surface area contributed by atoms with Gasteiger partial charge >= 0.3 is 11.9 Å². The number of phenolic OH excluding ortho intramolecular Hbond substituents is 1. The molecule has 1 atom stereocenters. The Hall–Kier alpha value is -4.27. The van der Waals surface area contributed by atoms with Crippen LogP contribution in [0.2, 0.25) is 0 Å². The highest BCUT2D eigenvalue weighted by Crippen LogP contribution is 2.42. The van der Waals surface area contributed by atoms with E-state index in [1.807, 2.05) is 50.4 Å². The van der Waals surface area contributed by atoms with Gasteiger partial charge in [-0.25, -0.2) is 9.59 Å². The van der Waals surface area contributed by atoms with Crippen LogP contribution in [0, 0.1) is 6.92 Å². The summed E-state index contributed by atoms with van der Waals surface area (Å²) in [7, 11) is 2.82. The molecule has 38 heavy (non-hydrogen) atoms. The molecule has 0 radical (unpaired) electrons. The second-order valence-electron chi connectivity index (χ2n) is 9.38. The van der Waals surface area contributed by atoms with Crippen LogP contribution in [-0.4, -0.2) is 48.2 Å². The molecule has 0 spiro atoms. The molecule has 9 heteroatoms. The number of amides is 1. The number of aromatic hydroxyl groups is 1. The van der Waals surface area contributed by atoms with Gasteiger partial charge in [0.05, 0.1) is 14.2 Å². The predicted octanol–water partition coefficient (Wildman–Crippen LogP) is 4.03. The Bertz CT molecular complexity index is 1420. The monoisotopic (exact) mass is 520 g/mol. The van der Waals surface area contributed by atoms with Crippen molar-refractivity contribution in [3.05, 3.63) is 69.9 Å².